The first-order valence-electron chi connectivity index (χ1n) is 11.1. The van der Waals surface area contributed by atoms with Gasteiger partial charge in [-0.2, -0.15) is 0 Å². The Kier molecular flexibility index (Phi) is 11.7. The van der Waals surface area contributed by atoms with Crippen molar-refractivity contribution < 1.29 is 9.47 Å². The predicted octanol–water partition coefficient (Wildman–Crippen LogP) is 3.13. The van der Waals surface area contributed by atoms with E-state index in [0.29, 0.717) is 32.4 Å². The number of amidine groups is 1. The summed E-state index contributed by atoms with van der Waals surface area (Å²) in [5.41, 5.74) is 18.1. The highest BCUT2D eigenvalue weighted by Crippen LogP contribution is 2.15. The third-order valence-electron chi connectivity index (χ3n) is 4.66. The highest BCUT2D eigenvalue weighted by molar-refractivity contribution is 5.77. The van der Waals surface area contributed by atoms with Crippen molar-refractivity contribution in [2.75, 3.05) is 0 Å². The number of hydrogen-bond acceptors (Lipinski definition) is 6. The number of nitrogens with zero attached hydrogens (tertiary/aromatic N) is 6. The van der Waals surface area contributed by atoms with E-state index >= 15 is 0 Å². The van der Waals surface area contributed by atoms with Crippen molar-refractivity contribution in [3.8, 4) is 11.5 Å². The lowest BCUT2D eigenvalue weighted by Crippen LogP contribution is -2.22. The summed E-state index contributed by atoms with van der Waals surface area (Å²) in [5.74, 6) is 2.28. The number of imidazole rings is 2. The number of nitrogens with two attached hydrogens (primary N) is 3. The number of aromatic nitrogens is 4. The van der Waals surface area contributed by atoms with Crippen molar-refractivity contribution in [2.45, 2.75) is 40.9 Å². The standard InChI is InChI=1S/C13H16N4O.C12H15N5O.CH4/c1-11(14)16-8-12-3-2-4-13(7-12)18-10-17-6-5-15-9-17;13-12(14)16-7-10-1-3-11(4-2-10)18-9-17-6-5-15-8-17;/h2-7,9H,8,10H2,1H3,(H2,14,16);1-6,8H,7,9H2,(H4,13,14,16);1H4. The van der Waals surface area contributed by atoms with Gasteiger partial charge in [-0.25, -0.2) is 15.0 Å². The quantitative estimate of drug-likeness (QED) is 0.221. The summed E-state index contributed by atoms with van der Waals surface area (Å²) in [4.78, 5) is 16.0. The highest BCUT2D eigenvalue weighted by Gasteiger charge is 1.98. The summed E-state index contributed by atoms with van der Waals surface area (Å²) in [6.07, 6.45) is 10.5. The second-order valence-corrected chi connectivity index (χ2v) is 7.69. The lowest BCUT2D eigenvalue weighted by Gasteiger charge is -2.07. The van der Waals surface area contributed by atoms with Gasteiger partial charge in [0.15, 0.2) is 19.4 Å². The van der Waals surface area contributed by atoms with Gasteiger partial charge >= 0.3 is 0 Å². The largest absolute Gasteiger partial charge is 0.473 e. The molecular weight excluding hydrogens is 470 g/mol. The van der Waals surface area contributed by atoms with E-state index in [0.717, 1.165) is 22.6 Å². The predicted molar refractivity (Wildman–Crippen MR) is 146 cm³/mol. The van der Waals surface area contributed by atoms with Crippen molar-refractivity contribution in [3.63, 3.8) is 0 Å². The second kappa shape index (κ2) is 15.2. The summed E-state index contributed by atoms with van der Waals surface area (Å²) in [6, 6.07) is 15.4. The fourth-order valence-electron chi connectivity index (χ4n) is 2.85. The summed E-state index contributed by atoms with van der Waals surface area (Å²) in [6.45, 7) is 3.71. The van der Waals surface area contributed by atoms with Gasteiger partial charge < -0.3 is 35.8 Å². The van der Waals surface area contributed by atoms with Crippen LogP contribution in [0, 0.1) is 0 Å². The van der Waals surface area contributed by atoms with E-state index in [-0.39, 0.29) is 13.4 Å². The zero-order valence-electron chi connectivity index (χ0n) is 20.1. The molecule has 6 N–H and O–H groups in total. The average molecular weight is 506 g/mol. The van der Waals surface area contributed by atoms with Crippen LogP contribution in [0.15, 0.2) is 96.0 Å². The number of rotatable bonds is 10. The molecule has 4 aromatic rings. The first kappa shape index (κ1) is 28.4. The third kappa shape index (κ3) is 11.0. The molecule has 0 atom stereocenters. The monoisotopic (exact) mass is 505 g/mol. The number of ether oxygens (including phenoxy) is 2. The van der Waals surface area contributed by atoms with Crippen LogP contribution in [0.25, 0.3) is 0 Å². The minimum Gasteiger partial charge on any atom is -0.473 e. The van der Waals surface area contributed by atoms with Crippen LogP contribution >= 0.6 is 0 Å². The Labute approximate surface area is 217 Å². The zero-order valence-corrected chi connectivity index (χ0v) is 20.1. The first-order chi connectivity index (χ1) is 17.5. The van der Waals surface area contributed by atoms with Crippen LogP contribution < -0.4 is 26.7 Å². The SMILES string of the molecule is C.CC(N)=NCc1cccc(OCn2ccnc2)c1.NC(N)=NCc1ccc(OCn2ccnc2)cc1. The zero-order chi connectivity index (χ0) is 25.6. The molecule has 37 heavy (non-hydrogen) atoms. The van der Waals surface area contributed by atoms with E-state index in [1.807, 2.05) is 70.1 Å². The normalized spacial score (nSPS) is 10.5. The molecule has 0 aliphatic heterocycles. The van der Waals surface area contributed by atoms with Crippen LogP contribution in [-0.4, -0.2) is 30.9 Å². The molecule has 0 unspecified atom stereocenters. The molecule has 4 rings (SSSR count). The van der Waals surface area contributed by atoms with Gasteiger partial charge in [0.25, 0.3) is 0 Å². The highest BCUT2D eigenvalue weighted by atomic mass is 16.5. The van der Waals surface area contributed by atoms with Gasteiger partial charge in [-0.15, -0.1) is 0 Å². The van der Waals surface area contributed by atoms with Gasteiger partial charge in [0.05, 0.1) is 31.6 Å². The van der Waals surface area contributed by atoms with Gasteiger partial charge in [-0.1, -0.05) is 31.7 Å². The van der Waals surface area contributed by atoms with Crippen LogP contribution in [0.2, 0.25) is 0 Å². The Morgan fingerprint density at radius 3 is 1.92 bits per heavy atom. The smallest absolute Gasteiger partial charge is 0.186 e. The molecule has 2 aromatic carbocycles. The molecule has 0 fully saturated rings. The number of hydrogen-bond donors (Lipinski definition) is 3. The van der Waals surface area contributed by atoms with Crippen molar-refractivity contribution in [1.29, 1.82) is 0 Å². The summed E-state index contributed by atoms with van der Waals surface area (Å²) in [7, 11) is 0. The Morgan fingerprint density at radius 1 is 0.784 bits per heavy atom. The number of aliphatic imine (C=N–C) groups is 2. The van der Waals surface area contributed by atoms with Crippen LogP contribution in [0.1, 0.15) is 25.5 Å². The molecule has 0 amide bonds. The summed E-state index contributed by atoms with van der Waals surface area (Å²) >= 11 is 0. The van der Waals surface area contributed by atoms with Crippen LogP contribution in [0.4, 0.5) is 0 Å². The van der Waals surface area contributed by atoms with E-state index in [9.17, 15) is 0 Å². The van der Waals surface area contributed by atoms with E-state index in [2.05, 4.69) is 20.0 Å². The van der Waals surface area contributed by atoms with Gasteiger partial charge in [0, 0.05) is 24.8 Å². The molecule has 0 saturated carbocycles. The first-order valence-corrected chi connectivity index (χ1v) is 11.1. The van der Waals surface area contributed by atoms with E-state index in [4.69, 9.17) is 26.7 Å². The lowest BCUT2D eigenvalue weighted by atomic mass is 10.2. The Morgan fingerprint density at radius 2 is 1.38 bits per heavy atom. The van der Waals surface area contributed by atoms with E-state index in [1.165, 1.54) is 0 Å². The molecule has 0 aliphatic rings. The van der Waals surface area contributed by atoms with Crippen LogP contribution in [0.5, 0.6) is 11.5 Å². The van der Waals surface area contributed by atoms with Gasteiger partial charge in [-0.3, -0.25) is 4.99 Å². The molecular formula is C26H35N9O2. The van der Waals surface area contributed by atoms with Gasteiger partial charge in [-0.05, 0) is 42.3 Å². The van der Waals surface area contributed by atoms with Crippen molar-refractivity contribution in [1.82, 2.24) is 19.1 Å². The molecule has 11 nitrogen and oxygen atoms in total. The Bertz CT molecular complexity index is 1210. The van der Waals surface area contributed by atoms with Crippen molar-refractivity contribution in [2.24, 2.45) is 27.2 Å². The third-order valence-corrected chi connectivity index (χ3v) is 4.66. The van der Waals surface area contributed by atoms with E-state index < -0.39 is 0 Å². The Hall–Kier alpha value is -4.80. The summed E-state index contributed by atoms with van der Waals surface area (Å²) in [5, 5.41) is 0. The maximum absolute atomic E-state index is 5.64. The number of benzene rings is 2. The van der Waals surface area contributed by atoms with Crippen molar-refractivity contribution in [3.05, 3.63) is 97.1 Å². The Balaban J connectivity index is 0.000000253. The fraction of sp³-hybridized carbons (Fsp3) is 0.231. The van der Waals surface area contributed by atoms with Crippen LogP contribution in [-0.2, 0) is 26.6 Å². The summed E-state index contributed by atoms with van der Waals surface area (Å²) < 4.78 is 14.9. The molecule has 0 spiro atoms. The molecule has 11 heteroatoms. The topological polar surface area (TPSA) is 157 Å². The molecule has 2 heterocycles. The molecule has 2 aromatic heterocycles. The maximum Gasteiger partial charge on any atom is 0.186 e. The van der Waals surface area contributed by atoms with Crippen molar-refractivity contribution >= 4 is 11.8 Å². The minimum absolute atomic E-state index is 0. The number of guanidine groups is 1. The molecule has 196 valence electrons. The average Bonchev–Trinajstić information content (AvgIpc) is 3.60. The molecule has 0 radical (unpaired) electrons. The maximum atomic E-state index is 5.64. The molecule has 0 saturated heterocycles. The minimum atomic E-state index is 0. The second-order valence-electron chi connectivity index (χ2n) is 7.69. The molecule has 0 aliphatic carbocycles. The van der Waals surface area contributed by atoms with E-state index in [1.54, 1.807) is 32.0 Å². The van der Waals surface area contributed by atoms with Gasteiger partial charge in [0.2, 0.25) is 0 Å². The van der Waals surface area contributed by atoms with Gasteiger partial charge in [0.1, 0.15) is 11.5 Å². The van der Waals surface area contributed by atoms with Crippen LogP contribution in [0.3, 0.4) is 0 Å². The molecule has 0 bridgehead atoms. The fourth-order valence-corrected chi connectivity index (χ4v) is 2.85. The lowest BCUT2D eigenvalue weighted by molar-refractivity contribution is 0.236.